The first kappa shape index (κ1) is 20.8. The van der Waals surface area contributed by atoms with Crippen molar-refractivity contribution < 1.29 is 9.53 Å². The molecule has 4 heteroatoms. The summed E-state index contributed by atoms with van der Waals surface area (Å²) in [5.41, 5.74) is 13.2. The van der Waals surface area contributed by atoms with Crippen LogP contribution >= 0.6 is 0 Å². The fourth-order valence-electron chi connectivity index (χ4n) is 4.71. The van der Waals surface area contributed by atoms with Gasteiger partial charge in [-0.05, 0) is 59.0 Å². The number of methoxy groups -OCH3 is 1. The highest BCUT2D eigenvalue weighted by molar-refractivity contribution is 6.18. The number of rotatable bonds is 6. The topological polar surface area (TPSA) is 57.2 Å². The van der Waals surface area contributed by atoms with E-state index in [0.29, 0.717) is 5.56 Å². The van der Waals surface area contributed by atoms with E-state index in [1.807, 2.05) is 24.3 Å². The number of aromatic nitrogens is 1. The van der Waals surface area contributed by atoms with Crippen LogP contribution in [0.4, 0.5) is 0 Å². The van der Waals surface area contributed by atoms with Crippen LogP contribution in [0.1, 0.15) is 28.4 Å². The lowest BCUT2D eigenvalue weighted by Crippen LogP contribution is -2.11. The molecular weight excluding hydrogens is 408 g/mol. The van der Waals surface area contributed by atoms with Gasteiger partial charge in [0.1, 0.15) is 5.75 Å². The normalized spacial score (nSPS) is 11.2. The maximum Gasteiger partial charge on any atom is 0.249 e. The van der Waals surface area contributed by atoms with Gasteiger partial charge in [0, 0.05) is 22.9 Å². The summed E-state index contributed by atoms with van der Waals surface area (Å²) in [5.74, 6) is 0.420. The summed E-state index contributed by atoms with van der Waals surface area (Å²) in [6.45, 7) is 2.90. The molecule has 2 N–H and O–H groups in total. The van der Waals surface area contributed by atoms with Crippen molar-refractivity contribution in [2.24, 2.45) is 5.73 Å². The molecule has 5 rings (SSSR count). The summed E-state index contributed by atoms with van der Waals surface area (Å²) in [4.78, 5) is 12.3. The van der Waals surface area contributed by atoms with Crippen molar-refractivity contribution in [3.63, 3.8) is 0 Å². The lowest BCUT2D eigenvalue weighted by Gasteiger charge is -2.12. The molecule has 0 unspecified atom stereocenters. The molecule has 1 amide bonds. The van der Waals surface area contributed by atoms with Gasteiger partial charge in [0.15, 0.2) is 0 Å². The third-order valence-electron chi connectivity index (χ3n) is 6.41. The van der Waals surface area contributed by atoms with Crippen molar-refractivity contribution in [1.29, 1.82) is 0 Å². The Kier molecular flexibility index (Phi) is 5.35. The van der Waals surface area contributed by atoms with Crippen LogP contribution in [-0.4, -0.2) is 17.6 Å². The highest BCUT2D eigenvalue weighted by Crippen LogP contribution is 2.35. The van der Waals surface area contributed by atoms with Crippen molar-refractivity contribution in [3.8, 4) is 16.9 Å². The Bertz CT molecular complexity index is 1480. The Hall–Kier alpha value is -4.05. The van der Waals surface area contributed by atoms with Gasteiger partial charge in [-0.1, -0.05) is 61.5 Å². The molecule has 0 bridgehead atoms. The van der Waals surface area contributed by atoms with Crippen molar-refractivity contribution in [2.45, 2.75) is 19.9 Å². The predicted octanol–water partition coefficient (Wildman–Crippen LogP) is 6.18. The van der Waals surface area contributed by atoms with Gasteiger partial charge in [-0.25, -0.2) is 0 Å². The number of nitrogens with zero attached hydrogens (tertiary/aromatic N) is 1. The van der Waals surface area contributed by atoms with Crippen LogP contribution < -0.4 is 10.5 Å². The van der Waals surface area contributed by atoms with E-state index < -0.39 is 5.91 Å². The molecule has 0 atom stereocenters. The van der Waals surface area contributed by atoms with E-state index in [1.165, 1.54) is 11.1 Å². The van der Waals surface area contributed by atoms with E-state index in [9.17, 15) is 4.79 Å². The van der Waals surface area contributed by atoms with Gasteiger partial charge >= 0.3 is 0 Å². The summed E-state index contributed by atoms with van der Waals surface area (Å²) in [6, 6.07) is 28.8. The number of benzene rings is 4. The first-order chi connectivity index (χ1) is 16.1. The molecule has 33 heavy (non-hydrogen) atoms. The summed E-state index contributed by atoms with van der Waals surface area (Å²) >= 11 is 0. The van der Waals surface area contributed by atoms with Gasteiger partial charge in [0.05, 0.1) is 18.1 Å². The van der Waals surface area contributed by atoms with Gasteiger partial charge in [0.2, 0.25) is 5.91 Å². The molecule has 0 spiro atoms. The average Bonchev–Trinajstić information content (AvgIpc) is 3.17. The van der Waals surface area contributed by atoms with Gasteiger partial charge in [-0.15, -0.1) is 0 Å². The number of carbonyl (C=O) groups is 1. The monoisotopic (exact) mass is 434 g/mol. The zero-order chi connectivity index (χ0) is 22.9. The molecule has 0 saturated carbocycles. The predicted molar refractivity (Wildman–Crippen MR) is 135 cm³/mol. The maximum atomic E-state index is 12.3. The molecule has 0 fully saturated rings. The molecule has 0 radical (unpaired) electrons. The number of amides is 1. The Labute approximate surface area is 193 Å². The minimum atomic E-state index is -0.409. The third-order valence-corrected chi connectivity index (χ3v) is 6.41. The van der Waals surface area contributed by atoms with E-state index in [2.05, 4.69) is 72.2 Å². The molecule has 0 aliphatic rings. The summed E-state index contributed by atoms with van der Waals surface area (Å²) in [7, 11) is 1.67. The van der Waals surface area contributed by atoms with Gasteiger partial charge in [0.25, 0.3) is 0 Å². The molecule has 0 saturated heterocycles. The highest BCUT2D eigenvalue weighted by Gasteiger charge is 2.18. The largest absolute Gasteiger partial charge is 0.497 e. The van der Waals surface area contributed by atoms with E-state index in [0.717, 1.165) is 51.6 Å². The van der Waals surface area contributed by atoms with Crippen LogP contribution in [0.3, 0.4) is 0 Å². The summed E-state index contributed by atoms with van der Waals surface area (Å²) in [5, 5.41) is 1.95. The number of primary amides is 1. The molecule has 1 aromatic heterocycles. The van der Waals surface area contributed by atoms with Crippen molar-refractivity contribution in [2.75, 3.05) is 7.11 Å². The second-order valence-corrected chi connectivity index (χ2v) is 8.23. The molecule has 0 aliphatic carbocycles. The molecule has 1 heterocycles. The SMILES string of the molecule is CCc1ccccc1Cn1c2cc(-c3ccc(OC)cc3)ccc2c2c(C(N)=O)cccc21. The number of ether oxygens (including phenoxy) is 1. The first-order valence-corrected chi connectivity index (χ1v) is 11.2. The van der Waals surface area contributed by atoms with E-state index in [-0.39, 0.29) is 0 Å². The minimum Gasteiger partial charge on any atom is -0.497 e. The molecule has 4 nitrogen and oxygen atoms in total. The average molecular weight is 435 g/mol. The molecule has 4 aromatic carbocycles. The van der Waals surface area contributed by atoms with Crippen molar-refractivity contribution in [1.82, 2.24) is 4.57 Å². The Morgan fingerprint density at radius 1 is 0.848 bits per heavy atom. The number of carbonyl (C=O) groups excluding carboxylic acids is 1. The fraction of sp³-hybridized carbons (Fsp3) is 0.138. The standard InChI is InChI=1S/C29H26N2O2/c1-3-19-7-4-5-8-22(19)18-31-26-10-6-9-25(29(30)32)28(26)24-16-13-21(17-27(24)31)20-11-14-23(33-2)15-12-20/h4-17H,3,18H2,1-2H3,(H2,30,32). The zero-order valence-electron chi connectivity index (χ0n) is 18.8. The number of hydrogen-bond donors (Lipinski definition) is 1. The number of nitrogens with two attached hydrogens (primary N) is 1. The minimum absolute atomic E-state index is 0.409. The van der Waals surface area contributed by atoms with Gasteiger partial charge < -0.3 is 15.0 Å². The quantitative estimate of drug-likeness (QED) is 0.347. The lowest BCUT2D eigenvalue weighted by molar-refractivity contribution is 0.100. The van der Waals surface area contributed by atoms with Crippen molar-refractivity contribution >= 4 is 27.7 Å². The van der Waals surface area contributed by atoms with Crippen molar-refractivity contribution in [3.05, 3.63) is 102 Å². The first-order valence-electron chi connectivity index (χ1n) is 11.2. The Balaban J connectivity index is 1.77. The highest BCUT2D eigenvalue weighted by atomic mass is 16.5. The fourth-order valence-corrected chi connectivity index (χ4v) is 4.71. The Morgan fingerprint density at radius 3 is 2.27 bits per heavy atom. The summed E-state index contributed by atoms with van der Waals surface area (Å²) in [6.07, 6.45) is 0.969. The van der Waals surface area contributed by atoms with E-state index >= 15 is 0 Å². The number of fused-ring (bicyclic) bond motifs is 3. The molecule has 5 aromatic rings. The molecule has 164 valence electrons. The molecular formula is C29H26N2O2. The van der Waals surface area contributed by atoms with Crippen LogP contribution in [0.15, 0.2) is 84.9 Å². The number of hydrogen-bond acceptors (Lipinski definition) is 2. The maximum absolute atomic E-state index is 12.3. The zero-order valence-corrected chi connectivity index (χ0v) is 18.8. The smallest absolute Gasteiger partial charge is 0.249 e. The third kappa shape index (κ3) is 3.64. The second kappa shape index (κ2) is 8.47. The van der Waals surface area contributed by atoms with Gasteiger partial charge in [-0.2, -0.15) is 0 Å². The Morgan fingerprint density at radius 2 is 1.58 bits per heavy atom. The van der Waals surface area contributed by atoms with Crippen LogP contribution in [-0.2, 0) is 13.0 Å². The van der Waals surface area contributed by atoms with Crippen LogP contribution in [0.2, 0.25) is 0 Å². The second-order valence-electron chi connectivity index (χ2n) is 8.23. The van der Waals surface area contributed by atoms with E-state index in [1.54, 1.807) is 7.11 Å². The molecule has 0 aliphatic heterocycles. The van der Waals surface area contributed by atoms with Crippen LogP contribution in [0, 0.1) is 0 Å². The van der Waals surface area contributed by atoms with Gasteiger partial charge in [-0.3, -0.25) is 4.79 Å². The van der Waals surface area contributed by atoms with Crippen LogP contribution in [0.5, 0.6) is 5.75 Å². The van der Waals surface area contributed by atoms with E-state index in [4.69, 9.17) is 10.5 Å². The number of aryl methyl sites for hydroxylation is 1. The van der Waals surface area contributed by atoms with Crippen LogP contribution in [0.25, 0.3) is 32.9 Å². The summed E-state index contributed by atoms with van der Waals surface area (Å²) < 4.78 is 7.61. The lowest BCUT2D eigenvalue weighted by atomic mass is 10.0.